The molecule has 0 aliphatic rings. The summed E-state index contributed by atoms with van der Waals surface area (Å²) in [4.78, 5) is 8.26. The van der Waals surface area contributed by atoms with E-state index in [4.69, 9.17) is 4.74 Å². The zero-order valence-corrected chi connectivity index (χ0v) is 11.9. The predicted octanol–water partition coefficient (Wildman–Crippen LogP) is 3.16. The van der Waals surface area contributed by atoms with Crippen LogP contribution in [0.2, 0.25) is 0 Å². The first-order valence-corrected chi connectivity index (χ1v) is 6.59. The second kappa shape index (κ2) is 5.75. The zero-order chi connectivity index (χ0) is 16.4. The Balaban J connectivity index is 1.70. The maximum Gasteiger partial charge on any atom is 0.573 e. The average molecular weight is 324 g/mol. The number of halogens is 3. The van der Waals surface area contributed by atoms with Crippen molar-refractivity contribution in [2.45, 2.75) is 19.4 Å². The van der Waals surface area contributed by atoms with E-state index in [0.717, 1.165) is 0 Å². The number of nitrogens with zero attached hydrogens (tertiary/aromatic N) is 4. The van der Waals surface area contributed by atoms with Gasteiger partial charge >= 0.3 is 6.36 Å². The van der Waals surface area contributed by atoms with Crippen molar-refractivity contribution in [3.05, 3.63) is 48.5 Å². The fourth-order valence-corrected chi connectivity index (χ4v) is 1.94. The van der Waals surface area contributed by atoms with Gasteiger partial charge in [-0.05, 0) is 37.3 Å². The number of fused-ring (bicyclic) bond motifs is 1. The standard InChI is InChI=1S/C14H11F3N4O2/c1-9(12-6-7-21-13(20-12)18-8-19-21)22-10-2-4-11(5-3-10)23-14(15,16)17/h2-9H,1H3. The Bertz CT molecular complexity index is 802. The summed E-state index contributed by atoms with van der Waals surface area (Å²) in [5.41, 5.74) is 0.626. The Morgan fingerprint density at radius 2 is 1.78 bits per heavy atom. The van der Waals surface area contributed by atoms with Gasteiger partial charge in [-0.25, -0.2) is 9.50 Å². The topological polar surface area (TPSA) is 61.5 Å². The first-order valence-electron chi connectivity index (χ1n) is 6.59. The summed E-state index contributed by atoms with van der Waals surface area (Å²) in [5.74, 6) is 0.530. The van der Waals surface area contributed by atoms with E-state index in [-0.39, 0.29) is 5.75 Å². The summed E-state index contributed by atoms with van der Waals surface area (Å²) >= 11 is 0. The van der Waals surface area contributed by atoms with Crippen LogP contribution in [0.5, 0.6) is 11.5 Å². The number of ether oxygens (including phenoxy) is 2. The van der Waals surface area contributed by atoms with Crippen LogP contribution in [0.3, 0.4) is 0 Å². The molecule has 1 unspecified atom stereocenters. The lowest BCUT2D eigenvalue weighted by molar-refractivity contribution is -0.274. The minimum Gasteiger partial charge on any atom is -0.484 e. The van der Waals surface area contributed by atoms with Crippen LogP contribution in [-0.4, -0.2) is 25.9 Å². The highest BCUT2D eigenvalue weighted by molar-refractivity contribution is 5.32. The van der Waals surface area contributed by atoms with Crippen molar-refractivity contribution < 1.29 is 22.6 Å². The highest BCUT2D eigenvalue weighted by Gasteiger charge is 2.31. The molecule has 1 atom stereocenters. The molecule has 0 saturated carbocycles. The van der Waals surface area contributed by atoms with Crippen LogP contribution < -0.4 is 9.47 Å². The van der Waals surface area contributed by atoms with Crippen molar-refractivity contribution >= 4 is 5.78 Å². The minimum atomic E-state index is -4.72. The van der Waals surface area contributed by atoms with Crippen LogP contribution >= 0.6 is 0 Å². The smallest absolute Gasteiger partial charge is 0.484 e. The largest absolute Gasteiger partial charge is 0.573 e. The fraction of sp³-hybridized carbons (Fsp3) is 0.214. The Labute approximate surface area is 128 Å². The number of rotatable bonds is 4. The summed E-state index contributed by atoms with van der Waals surface area (Å²) in [6, 6.07) is 6.89. The van der Waals surface area contributed by atoms with E-state index in [2.05, 4.69) is 19.8 Å². The van der Waals surface area contributed by atoms with Crippen LogP contribution in [0.1, 0.15) is 18.7 Å². The van der Waals surface area contributed by atoms with Crippen molar-refractivity contribution in [2.24, 2.45) is 0 Å². The Hall–Kier alpha value is -2.84. The molecule has 23 heavy (non-hydrogen) atoms. The molecule has 0 N–H and O–H groups in total. The highest BCUT2D eigenvalue weighted by atomic mass is 19.4. The molecule has 0 fully saturated rings. The molecule has 120 valence electrons. The summed E-state index contributed by atoms with van der Waals surface area (Å²) in [5, 5.41) is 3.94. The quantitative estimate of drug-likeness (QED) is 0.738. The number of hydrogen-bond acceptors (Lipinski definition) is 5. The molecule has 1 aromatic carbocycles. The molecular weight excluding hydrogens is 313 g/mol. The van der Waals surface area contributed by atoms with Crippen molar-refractivity contribution in [3.8, 4) is 11.5 Å². The van der Waals surface area contributed by atoms with E-state index < -0.39 is 12.5 Å². The molecule has 0 aliphatic carbocycles. The van der Waals surface area contributed by atoms with Gasteiger partial charge in [0.1, 0.15) is 23.9 Å². The molecule has 2 heterocycles. The van der Waals surface area contributed by atoms with Gasteiger partial charge in [0.15, 0.2) is 0 Å². The molecule has 9 heteroatoms. The van der Waals surface area contributed by atoms with Crippen molar-refractivity contribution in [1.82, 2.24) is 19.6 Å². The molecule has 3 aromatic rings. The molecular formula is C14H11F3N4O2. The van der Waals surface area contributed by atoms with Gasteiger partial charge in [-0.1, -0.05) is 0 Å². The van der Waals surface area contributed by atoms with Crippen molar-refractivity contribution in [3.63, 3.8) is 0 Å². The summed E-state index contributed by atoms with van der Waals surface area (Å²) in [6.07, 6.45) is -2.04. The molecule has 2 aromatic heterocycles. The Kier molecular flexibility index (Phi) is 3.77. The average Bonchev–Trinajstić information content (AvgIpc) is 2.95. The first kappa shape index (κ1) is 15.1. The normalized spacial score (nSPS) is 13.0. The summed E-state index contributed by atoms with van der Waals surface area (Å²) < 4.78 is 47.3. The van der Waals surface area contributed by atoms with Gasteiger partial charge in [0.25, 0.3) is 5.78 Å². The highest BCUT2D eigenvalue weighted by Crippen LogP contribution is 2.26. The third kappa shape index (κ3) is 3.68. The molecule has 0 radical (unpaired) electrons. The maximum absolute atomic E-state index is 12.1. The number of aromatic nitrogens is 4. The Morgan fingerprint density at radius 1 is 1.09 bits per heavy atom. The number of hydrogen-bond donors (Lipinski definition) is 0. The Morgan fingerprint density at radius 3 is 2.48 bits per heavy atom. The van der Waals surface area contributed by atoms with E-state index >= 15 is 0 Å². The van der Waals surface area contributed by atoms with Gasteiger partial charge in [-0.2, -0.15) is 10.1 Å². The lowest BCUT2D eigenvalue weighted by Crippen LogP contribution is -2.17. The molecule has 0 aliphatic heterocycles. The monoisotopic (exact) mass is 324 g/mol. The van der Waals surface area contributed by atoms with Gasteiger partial charge < -0.3 is 9.47 Å². The van der Waals surface area contributed by atoms with Crippen LogP contribution in [0.4, 0.5) is 13.2 Å². The van der Waals surface area contributed by atoms with E-state index in [1.165, 1.54) is 35.1 Å². The van der Waals surface area contributed by atoms with Crippen molar-refractivity contribution in [1.29, 1.82) is 0 Å². The van der Waals surface area contributed by atoms with Crippen LogP contribution in [0.15, 0.2) is 42.9 Å². The molecule has 0 amide bonds. The van der Waals surface area contributed by atoms with E-state index in [1.807, 2.05) is 0 Å². The van der Waals surface area contributed by atoms with E-state index in [9.17, 15) is 13.2 Å². The lowest BCUT2D eigenvalue weighted by Gasteiger charge is -2.15. The number of benzene rings is 1. The van der Waals surface area contributed by atoms with Crippen LogP contribution in [0, 0.1) is 0 Å². The third-order valence-electron chi connectivity index (χ3n) is 2.96. The fourth-order valence-electron chi connectivity index (χ4n) is 1.94. The second-order valence-corrected chi connectivity index (χ2v) is 4.64. The molecule has 3 rings (SSSR count). The molecule has 0 bridgehead atoms. The van der Waals surface area contributed by atoms with Crippen molar-refractivity contribution in [2.75, 3.05) is 0 Å². The van der Waals surface area contributed by atoms with Gasteiger partial charge in [0.2, 0.25) is 0 Å². The van der Waals surface area contributed by atoms with Crippen LogP contribution in [0.25, 0.3) is 5.78 Å². The maximum atomic E-state index is 12.1. The van der Waals surface area contributed by atoms with Gasteiger partial charge in [0.05, 0.1) is 5.69 Å². The van der Waals surface area contributed by atoms with E-state index in [0.29, 0.717) is 17.2 Å². The lowest BCUT2D eigenvalue weighted by atomic mass is 10.2. The summed E-state index contributed by atoms with van der Waals surface area (Å²) in [6.45, 7) is 1.77. The van der Waals surface area contributed by atoms with Gasteiger partial charge in [0, 0.05) is 6.20 Å². The molecule has 0 spiro atoms. The van der Waals surface area contributed by atoms with Crippen LogP contribution in [-0.2, 0) is 0 Å². The van der Waals surface area contributed by atoms with E-state index in [1.54, 1.807) is 19.2 Å². The molecule has 0 saturated heterocycles. The molecule has 6 nitrogen and oxygen atoms in total. The summed E-state index contributed by atoms with van der Waals surface area (Å²) in [7, 11) is 0. The predicted molar refractivity (Wildman–Crippen MR) is 73.0 cm³/mol. The van der Waals surface area contributed by atoms with Gasteiger partial charge in [-0.3, -0.25) is 0 Å². The number of alkyl halides is 3. The first-order chi connectivity index (χ1) is 10.9. The third-order valence-corrected chi connectivity index (χ3v) is 2.96. The zero-order valence-electron chi connectivity index (χ0n) is 11.9. The minimum absolute atomic E-state index is 0.305. The second-order valence-electron chi connectivity index (χ2n) is 4.64. The SMILES string of the molecule is CC(Oc1ccc(OC(F)(F)F)cc1)c1ccn2ncnc2n1. The van der Waals surface area contributed by atoms with Gasteiger partial charge in [-0.15, -0.1) is 13.2 Å².